The van der Waals surface area contributed by atoms with Crippen molar-refractivity contribution in [3.05, 3.63) is 34.8 Å². The van der Waals surface area contributed by atoms with Crippen molar-refractivity contribution >= 4 is 45.7 Å². The van der Waals surface area contributed by atoms with Crippen molar-refractivity contribution in [1.82, 2.24) is 4.98 Å². The standard InChI is InChI=1S/C15H12F3N3O2S2/c1-7-6-19-14(24-7)21-12(22)5-11-13(23)20-9-4-8(15(16,17)18)2-3-10(9)25-11/h2-4,6,11H,5H2,1H3,(H,20,23)(H,19,21,22)/t11-/m1/s1. The number of anilines is 2. The van der Waals surface area contributed by atoms with Crippen LogP contribution in [-0.4, -0.2) is 22.0 Å². The number of fused-ring (bicyclic) bond motifs is 1. The lowest BCUT2D eigenvalue weighted by atomic mass is 10.1. The zero-order valence-electron chi connectivity index (χ0n) is 12.8. The maximum atomic E-state index is 12.7. The summed E-state index contributed by atoms with van der Waals surface area (Å²) in [5.74, 6) is -0.875. The molecule has 1 aromatic carbocycles. The Hall–Kier alpha value is -2.07. The van der Waals surface area contributed by atoms with Crippen LogP contribution in [0.15, 0.2) is 29.3 Å². The van der Waals surface area contributed by atoms with Gasteiger partial charge < -0.3 is 10.6 Å². The summed E-state index contributed by atoms with van der Waals surface area (Å²) >= 11 is 2.39. The second kappa shape index (κ2) is 6.68. The number of thiazole rings is 1. The van der Waals surface area contributed by atoms with Crippen LogP contribution in [0.2, 0.25) is 0 Å². The van der Waals surface area contributed by atoms with Crippen LogP contribution in [-0.2, 0) is 15.8 Å². The number of hydrogen-bond acceptors (Lipinski definition) is 5. The first-order valence-corrected chi connectivity index (χ1v) is 8.83. The van der Waals surface area contributed by atoms with Crippen molar-refractivity contribution < 1.29 is 22.8 Å². The number of nitrogens with zero attached hydrogens (tertiary/aromatic N) is 1. The minimum absolute atomic E-state index is 0.102. The number of amides is 2. The fraction of sp³-hybridized carbons (Fsp3) is 0.267. The predicted octanol–water partition coefficient (Wildman–Crippen LogP) is 3.91. The highest BCUT2D eigenvalue weighted by molar-refractivity contribution is 8.01. The molecule has 1 aliphatic rings. The Labute approximate surface area is 149 Å². The Balaban J connectivity index is 1.69. The van der Waals surface area contributed by atoms with Gasteiger partial charge in [0.15, 0.2) is 5.13 Å². The number of alkyl halides is 3. The van der Waals surface area contributed by atoms with Crippen LogP contribution in [0, 0.1) is 6.92 Å². The van der Waals surface area contributed by atoms with Gasteiger partial charge >= 0.3 is 6.18 Å². The Morgan fingerprint density at radius 3 is 2.80 bits per heavy atom. The summed E-state index contributed by atoms with van der Waals surface area (Å²) in [5.41, 5.74) is -0.723. The van der Waals surface area contributed by atoms with Gasteiger partial charge in [-0.25, -0.2) is 4.98 Å². The molecule has 1 aromatic heterocycles. The minimum Gasteiger partial charge on any atom is -0.324 e. The molecule has 0 fully saturated rings. The average Bonchev–Trinajstić information content (AvgIpc) is 2.91. The van der Waals surface area contributed by atoms with Gasteiger partial charge in [-0.3, -0.25) is 9.59 Å². The van der Waals surface area contributed by atoms with E-state index in [4.69, 9.17) is 0 Å². The molecule has 0 spiro atoms. The summed E-state index contributed by atoms with van der Waals surface area (Å²) in [4.78, 5) is 29.6. The average molecular weight is 387 g/mol. The number of rotatable bonds is 3. The highest BCUT2D eigenvalue weighted by Crippen LogP contribution is 2.40. The molecule has 5 nitrogen and oxygen atoms in total. The summed E-state index contributed by atoms with van der Waals surface area (Å²) in [7, 11) is 0. The first-order valence-electron chi connectivity index (χ1n) is 7.13. The van der Waals surface area contributed by atoms with E-state index in [1.165, 1.54) is 17.4 Å². The van der Waals surface area contributed by atoms with Crippen LogP contribution in [0.4, 0.5) is 24.0 Å². The van der Waals surface area contributed by atoms with E-state index in [1.54, 1.807) is 6.20 Å². The van der Waals surface area contributed by atoms with Crippen molar-refractivity contribution in [1.29, 1.82) is 0 Å². The summed E-state index contributed by atoms with van der Waals surface area (Å²) in [6, 6.07) is 3.16. The normalized spacial score (nSPS) is 17.0. The van der Waals surface area contributed by atoms with E-state index in [2.05, 4.69) is 15.6 Å². The molecule has 3 rings (SSSR count). The molecule has 0 saturated carbocycles. The van der Waals surface area contributed by atoms with Crippen LogP contribution < -0.4 is 10.6 Å². The molecule has 2 heterocycles. The van der Waals surface area contributed by atoms with Crippen molar-refractivity contribution in [2.24, 2.45) is 0 Å². The maximum absolute atomic E-state index is 12.7. The molecule has 0 bridgehead atoms. The second-order valence-corrected chi connectivity index (χ2v) is 7.81. The van der Waals surface area contributed by atoms with E-state index in [-0.39, 0.29) is 18.0 Å². The smallest absolute Gasteiger partial charge is 0.324 e. The van der Waals surface area contributed by atoms with Gasteiger partial charge in [-0.2, -0.15) is 13.2 Å². The molecule has 10 heteroatoms. The van der Waals surface area contributed by atoms with Crippen LogP contribution >= 0.6 is 23.1 Å². The number of halogens is 3. The zero-order valence-corrected chi connectivity index (χ0v) is 14.4. The highest BCUT2D eigenvalue weighted by atomic mass is 32.2. The number of aryl methyl sites for hydroxylation is 1. The van der Waals surface area contributed by atoms with Gasteiger partial charge in [0.05, 0.1) is 16.5 Å². The van der Waals surface area contributed by atoms with Crippen LogP contribution in [0.1, 0.15) is 16.9 Å². The van der Waals surface area contributed by atoms with E-state index in [0.29, 0.717) is 10.0 Å². The van der Waals surface area contributed by atoms with Gasteiger partial charge in [0.2, 0.25) is 11.8 Å². The van der Waals surface area contributed by atoms with Gasteiger partial charge in [0, 0.05) is 22.4 Å². The van der Waals surface area contributed by atoms with Crippen LogP contribution in [0.3, 0.4) is 0 Å². The molecule has 2 amide bonds. The Bertz CT molecular complexity index is 836. The lowest BCUT2D eigenvalue weighted by Gasteiger charge is -2.24. The fourth-order valence-electron chi connectivity index (χ4n) is 2.21. The molecule has 0 aliphatic carbocycles. The predicted molar refractivity (Wildman–Crippen MR) is 89.8 cm³/mol. The largest absolute Gasteiger partial charge is 0.416 e. The number of carbonyl (C=O) groups is 2. The molecule has 132 valence electrons. The molecule has 25 heavy (non-hydrogen) atoms. The number of carbonyl (C=O) groups excluding carboxylic acids is 2. The van der Waals surface area contributed by atoms with E-state index in [0.717, 1.165) is 28.8 Å². The summed E-state index contributed by atoms with van der Waals surface area (Å²) in [5, 5.41) is 4.78. The maximum Gasteiger partial charge on any atom is 0.416 e. The van der Waals surface area contributed by atoms with Gasteiger partial charge in [0.25, 0.3) is 0 Å². The first-order chi connectivity index (χ1) is 11.7. The summed E-state index contributed by atoms with van der Waals surface area (Å²) in [6.45, 7) is 1.85. The van der Waals surface area contributed by atoms with Crippen LogP contribution in [0.5, 0.6) is 0 Å². The minimum atomic E-state index is -4.48. The molecule has 0 saturated heterocycles. The fourth-order valence-corrected chi connectivity index (χ4v) is 3.98. The third-order valence-corrected chi connectivity index (χ3v) is 5.47. The highest BCUT2D eigenvalue weighted by Gasteiger charge is 2.34. The molecule has 1 aliphatic heterocycles. The Morgan fingerprint density at radius 2 is 2.16 bits per heavy atom. The summed E-state index contributed by atoms with van der Waals surface area (Å²) < 4.78 is 38.2. The van der Waals surface area contributed by atoms with Crippen molar-refractivity contribution in [3.63, 3.8) is 0 Å². The van der Waals surface area contributed by atoms with E-state index < -0.39 is 22.9 Å². The molecular weight excluding hydrogens is 375 g/mol. The molecule has 2 N–H and O–H groups in total. The lowest BCUT2D eigenvalue weighted by Crippen LogP contribution is -2.32. The molecule has 0 unspecified atom stereocenters. The number of benzene rings is 1. The SMILES string of the molecule is Cc1cnc(NC(=O)C[C@H]2Sc3ccc(C(F)(F)F)cc3NC2=O)s1. The van der Waals surface area contributed by atoms with Crippen molar-refractivity contribution in [2.75, 3.05) is 10.6 Å². The quantitative estimate of drug-likeness (QED) is 0.838. The van der Waals surface area contributed by atoms with E-state index in [9.17, 15) is 22.8 Å². The number of thioether (sulfide) groups is 1. The number of hydrogen-bond donors (Lipinski definition) is 2. The lowest BCUT2D eigenvalue weighted by molar-refractivity contribution is -0.137. The van der Waals surface area contributed by atoms with Gasteiger partial charge in [-0.05, 0) is 25.1 Å². The Kier molecular flexibility index (Phi) is 4.74. The van der Waals surface area contributed by atoms with Gasteiger partial charge in [-0.15, -0.1) is 23.1 Å². The van der Waals surface area contributed by atoms with E-state index >= 15 is 0 Å². The molecule has 0 radical (unpaired) electrons. The second-order valence-electron chi connectivity index (χ2n) is 5.33. The number of nitrogens with one attached hydrogen (secondary N) is 2. The summed E-state index contributed by atoms with van der Waals surface area (Å²) in [6.07, 6.45) is -2.96. The van der Waals surface area contributed by atoms with Crippen molar-refractivity contribution in [3.8, 4) is 0 Å². The first kappa shape index (κ1) is 17.7. The third-order valence-electron chi connectivity index (χ3n) is 3.36. The van der Waals surface area contributed by atoms with Crippen LogP contribution in [0.25, 0.3) is 0 Å². The Morgan fingerprint density at radius 1 is 1.40 bits per heavy atom. The van der Waals surface area contributed by atoms with Gasteiger partial charge in [0.1, 0.15) is 0 Å². The van der Waals surface area contributed by atoms with Gasteiger partial charge in [-0.1, -0.05) is 0 Å². The third kappa shape index (κ3) is 4.13. The monoisotopic (exact) mass is 387 g/mol. The topological polar surface area (TPSA) is 71.1 Å². The molecular formula is C15H12F3N3O2S2. The van der Waals surface area contributed by atoms with E-state index in [1.807, 2.05) is 6.92 Å². The molecule has 2 aromatic rings. The molecule has 1 atom stereocenters. The zero-order chi connectivity index (χ0) is 18.2. The van der Waals surface area contributed by atoms with Crippen molar-refractivity contribution in [2.45, 2.75) is 29.7 Å². The number of aromatic nitrogens is 1.